The van der Waals surface area contributed by atoms with Gasteiger partial charge in [0.05, 0.1) is 19.3 Å². The van der Waals surface area contributed by atoms with Gasteiger partial charge < -0.3 is 19.3 Å². The molecule has 2 N–H and O–H groups in total. The molecule has 0 saturated heterocycles. The highest BCUT2D eigenvalue weighted by molar-refractivity contribution is 5.79. The van der Waals surface area contributed by atoms with E-state index in [1.54, 1.807) is 19.4 Å². The molecule has 0 unspecified atom stereocenters. The number of aliphatic imine (C=N–C) groups is 2. The zero-order chi connectivity index (χ0) is 18.3. The van der Waals surface area contributed by atoms with Crippen LogP contribution in [0.2, 0.25) is 0 Å². The van der Waals surface area contributed by atoms with E-state index in [9.17, 15) is 0 Å². The zero-order valence-corrected chi connectivity index (χ0v) is 15.1. The minimum absolute atomic E-state index is 0.464. The van der Waals surface area contributed by atoms with E-state index in [2.05, 4.69) is 35.8 Å². The van der Waals surface area contributed by atoms with E-state index in [4.69, 9.17) is 13.9 Å². The second-order valence-electron chi connectivity index (χ2n) is 4.81. The first-order chi connectivity index (χ1) is 12.1. The molecule has 0 bridgehead atoms. The highest BCUT2D eigenvalue weighted by Gasteiger charge is 1.96. The molecule has 0 aromatic carbocycles. The Labute approximate surface area is 147 Å². The van der Waals surface area contributed by atoms with Crippen molar-refractivity contribution in [1.29, 1.82) is 0 Å². The van der Waals surface area contributed by atoms with Gasteiger partial charge >= 0.3 is 0 Å². The number of hydrazone groups is 1. The molecule has 0 amide bonds. The molecule has 10 heteroatoms. The summed E-state index contributed by atoms with van der Waals surface area (Å²) in [6.45, 7) is 11.0. The number of aromatic nitrogens is 1. The summed E-state index contributed by atoms with van der Waals surface area (Å²) in [7, 11) is 0. The minimum Gasteiger partial charge on any atom is -0.479 e. The van der Waals surface area contributed by atoms with Crippen molar-refractivity contribution in [3.63, 3.8) is 0 Å². The summed E-state index contributed by atoms with van der Waals surface area (Å²) in [6.07, 6.45) is 3.17. The fraction of sp³-hybridized carbons (Fsp3) is 0.600. The second-order valence-corrected chi connectivity index (χ2v) is 4.81. The minimum atomic E-state index is 0.464. The summed E-state index contributed by atoms with van der Waals surface area (Å²) < 4.78 is 14.6. The van der Waals surface area contributed by atoms with Gasteiger partial charge in [-0.2, -0.15) is 0 Å². The lowest BCUT2D eigenvalue weighted by atomic mass is 10.6. The van der Waals surface area contributed by atoms with Crippen LogP contribution in [0.5, 0.6) is 0 Å². The van der Waals surface area contributed by atoms with Crippen LogP contribution in [-0.4, -0.2) is 55.6 Å². The first-order valence-electron chi connectivity index (χ1n) is 7.86. The van der Waals surface area contributed by atoms with Crippen LogP contribution in [0, 0.1) is 6.92 Å². The van der Waals surface area contributed by atoms with Gasteiger partial charge in [-0.15, -0.1) is 5.10 Å². The van der Waals surface area contributed by atoms with Crippen molar-refractivity contribution >= 4 is 17.6 Å². The molecule has 0 radical (unpaired) electrons. The average molecular weight is 354 g/mol. The molecule has 3 aliphatic heterocycles. The maximum Gasteiger partial charge on any atom is 0.202 e. The quantitative estimate of drug-likeness (QED) is 0.720. The van der Waals surface area contributed by atoms with Gasteiger partial charge in [0, 0.05) is 20.8 Å². The van der Waals surface area contributed by atoms with E-state index in [0.29, 0.717) is 6.73 Å². The maximum absolute atomic E-state index is 4.97. The number of hydrogen-bond acceptors (Lipinski definition) is 10. The van der Waals surface area contributed by atoms with E-state index < -0.39 is 0 Å². The molecule has 1 aromatic heterocycles. The Bertz CT molecular complexity index is 534. The van der Waals surface area contributed by atoms with Gasteiger partial charge in [-0.25, -0.2) is 9.98 Å². The van der Waals surface area contributed by atoms with Crippen LogP contribution in [0.25, 0.3) is 0 Å². The number of hydrogen-bond donors (Lipinski definition) is 2. The first kappa shape index (κ1) is 20.4. The lowest BCUT2D eigenvalue weighted by molar-refractivity contribution is 0.114. The van der Waals surface area contributed by atoms with Crippen LogP contribution >= 0.6 is 0 Å². The van der Waals surface area contributed by atoms with Crippen molar-refractivity contribution in [3.05, 3.63) is 18.4 Å². The molecular weight excluding hydrogens is 328 g/mol. The summed E-state index contributed by atoms with van der Waals surface area (Å²) >= 11 is 0. The largest absolute Gasteiger partial charge is 0.479 e. The Balaban J connectivity index is 0.000000167. The molecular formula is C15H26N6O4. The standard InChI is InChI=1S/C4H8N2O.C4H7NO.C4H5NO.C3H6N2O/c1-4-6-5-2-3-7-4;2*1-4-5-2-3-6-4;1-3-4-2-6-5-3/h5H,2-3H2,1H3;2-3H2,1H3;2-3H,1H3;2H2,1H3,(H,4,5). The van der Waals surface area contributed by atoms with E-state index >= 15 is 0 Å². The number of amidine groups is 1. The first-order valence-corrected chi connectivity index (χ1v) is 7.86. The third-order valence-electron chi connectivity index (χ3n) is 2.64. The molecule has 3 aliphatic rings. The average Bonchev–Trinajstić information content (AvgIpc) is 3.36. The molecule has 10 nitrogen and oxygen atoms in total. The van der Waals surface area contributed by atoms with Crippen LogP contribution < -0.4 is 10.9 Å². The molecule has 4 rings (SSSR count). The number of aryl methyl sites for hydroxylation is 1. The Kier molecular flexibility index (Phi) is 10.4. The number of nitrogens with one attached hydrogen (secondary N) is 2. The third-order valence-corrected chi connectivity index (χ3v) is 2.64. The molecule has 0 fully saturated rings. The molecule has 4 heterocycles. The number of oxazole rings is 1. The molecule has 0 spiro atoms. The maximum atomic E-state index is 4.97. The molecule has 0 atom stereocenters. The Hall–Kier alpha value is -2.62. The Morgan fingerprint density at radius 1 is 1.00 bits per heavy atom. The van der Waals surface area contributed by atoms with Crippen LogP contribution in [-0.2, 0) is 14.3 Å². The van der Waals surface area contributed by atoms with E-state index in [-0.39, 0.29) is 0 Å². The second kappa shape index (κ2) is 12.8. The molecule has 0 saturated carbocycles. The smallest absolute Gasteiger partial charge is 0.202 e. The lowest BCUT2D eigenvalue weighted by Gasteiger charge is -2.09. The highest BCUT2D eigenvalue weighted by atomic mass is 16.7. The Morgan fingerprint density at radius 3 is 2.00 bits per heavy atom. The number of ether oxygens (including phenoxy) is 2. The van der Waals surface area contributed by atoms with Gasteiger partial charge in [-0.3, -0.25) is 15.3 Å². The van der Waals surface area contributed by atoms with Gasteiger partial charge in [0.25, 0.3) is 0 Å². The van der Waals surface area contributed by atoms with Crippen LogP contribution in [0.4, 0.5) is 0 Å². The fourth-order valence-corrected chi connectivity index (χ4v) is 1.48. The molecule has 140 valence electrons. The molecule has 25 heavy (non-hydrogen) atoms. The monoisotopic (exact) mass is 354 g/mol. The highest BCUT2D eigenvalue weighted by Crippen LogP contribution is 1.89. The Morgan fingerprint density at radius 2 is 1.80 bits per heavy atom. The van der Waals surface area contributed by atoms with Crippen molar-refractivity contribution < 1.29 is 18.7 Å². The van der Waals surface area contributed by atoms with E-state index in [1.807, 2.05) is 20.8 Å². The summed E-state index contributed by atoms with van der Waals surface area (Å²) in [5.74, 6) is 3.13. The fourth-order valence-electron chi connectivity index (χ4n) is 1.48. The van der Waals surface area contributed by atoms with E-state index in [1.165, 1.54) is 0 Å². The predicted molar refractivity (Wildman–Crippen MR) is 94.4 cm³/mol. The summed E-state index contributed by atoms with van der Waals surface area (Å²) in [5.41, 5.74) is 5.37. The predicted octanol–water partition coefficient (Wildman–Crippen LogP) is 1.25. The van der Waals surface area contributed by atoms with Crippen molar-refractivity contribution in [1.82, 2.24) is 15.9 Å². The van der Waals surface area contributed by atoms with Gasteiger partial charge in [0.15, 0.2) is 18.5 Å². The summed E-state index contributed by atoms with van der Waals surface area (Å²) in [4.78, 5) is 16.1. The number of nitrogens with zero attached hydrogens (tertiary/aromatic N) is 4. The van der Waals surface area contributed by atoms with Crippen molar-refractivity contribution in [2.24, 2.45) is 15.1 Å². The van der Waals surface area contributed by atoms with Crippen LogP contribution in [0.15, 0.2) is 32.0 Å². The summed E-state index contributed by atoms with van der Waals surface area (Å²) in [6, 6.07) is 0. The SMILES string of the molecule is CC1=NCCO1.CC1=NCON1.CC1=NNCCO1.Cc1ncco1. The number of hydroxylamine groups is 1. The third kappa shape index (κ3) is 11.5. The van der Waals surface area contributed by atoms with Gasteiger partial charge in [-0.1, -0.05) is 0 Å². The van der Waals surface area contributed by atoms with E-state index in [0.717, 1.165) is 49.8 Å². The zero-order valence-electron chi connectivity index (χ0n) is 15.1. The van der Waals surface area contributed by atoms with Crippen molar-refractivity contribution in [2.75, 3.05) is 33.0 Å². The molecule has 0 aliphatic carbocycles. The topological polar surface area (TPSA) is 115 Å². The van der Waals surface area contributed by atoms with Gasteiger partial charge in [-0.05, 0) is 6.92 Å². The molecule has 1 aromatic rings. The number of rotatable bonds is 0. The van der Waals surface area contributed by atoms with Gasteiger partial charge in [0.1, 0.15) is 25.3 Å². The normalized spacial score (nSPS) is 17.0. The van der Waals surface area contributed by atoms with Gasteiger partial charge in [0.2, 0.25) is 5.90 Å². The van der Waals surface area contributed by atoms with Crippen LogP contribution in [0.1, 0.15) is 26.7 Å². The van der Waals surface area contributed by atoms with Crippen molar-refractivity contribution in [3.8, 4) is 0 Å². The van der Waals surface area contributed by atoms with Crippen molar-refractivity contribution in [2.45, 2.75) is 27.7 Å². The summed E-state index contributed by atoms with van der Waals surface area (Å²) in [5, 5.41) is 3.77. The lowest BCUT2D eigenvalue weighted by Crippen LogP contribution is -2.23. The van der Waals surface area contributed by atoms with Crippen LogP contribution in [0.3, 0.4) is 0 Å².